The molecule has 0 radical (unpaired) electrons. The van der Waals surface area contributed by atoms with Crippen molar-refractivity contribution in [3.05, 3.63) is 0 Å². The van der Waals surface area contributed by atoms with Crippen molar-refractivity contribution in [2.45, 2.75) is 0 Å². The molecule has 6 nitrogen and oxygen atoms in total. The lowest BCUT2D eigenvalue weighted by atomic mass is 10.8. The van der Waals surface area contributed by atoms with Crippen LogP contribution in [0.5, 0.6) is 0 Å². The molecule has 0 fully saturated rings. The fraction of sp³-hybridized carbons (Fsp3) is 1.00. The molecule has 0 heterocycles. The van der Waals surface area contributed by atoms with Gasteiger partial charge in [0.1, 0.15) is 6.61 Å². The van der Waals surface area contributed by atoms with Crippen LogP contribution in [-0.2, 0) is 29.3 Å². The molecule has 0 aromatic heterocycles. The first kappa shape index (κ1) is 10.8. The molecule has 0 rings (SSSR count). The van der Waals surface area contributed by atoms with Gasteiger partial charge in [0.25, 0.3) is 0 Å². The van der Waals surface area contributed by atoms with Crippen molar-refractivity contribution in [1.82, 2.24) is 0 Å². The molecule has 0 aromatic carbocycles. The second-order valence-electron chi connectivity index (χ2n) is 1.37. The maximum Gasteiger partial charge on any atom is 0.183 e. The molecule has 0 saturated heterocycles. The Labute approximate surface area is 64.7 Å². The minimum Gasteiger partial charge on any atom is -0.350 e. The molecule has 0 saturated carbocycles. The third-order valence-electron chi connectivity index (χ3n) is 0.676. The maximum atomic E-state index is 4.81. The molecular weight excluding hydrogens is 156 g/mol. The van der Waals surface area contributed by atoms with E-state index in [-0.39, 0.29) is 6.79 Å². The first-order valence-electron chi connectivity index (χ1n) is 2.97. The summed E-state index contributed by atoms with van der Waals surface area (Å²) in [4.78, 5) is 17.2. The highest BCUT2D eigenvalue weighted by atomic mass is 17.5. The molecule has 0 aliphatic heterocycles. The third kappa shape index (κ3) is 9.76. The second kappa shape index (κ2) is 9.76. The van der Waals surface area contributed by atoms with E-state index < -0.39 is 0 Å². The van der Waals surface area contributed by atoms with Crippen molar-refractivity contribution in [2.24, 2.45) is 0 Å². The van der Waals surface area contributed by atoms with Gasteiger partial charge in [-0.2, -0.15) is 4.89 Å². The van der Waals surface area contributed by atoms with E-state index in [9.17, 15) is 0 Å². The molecule has 0 aliphatic rings. The van der Waals surface area contributed by atoms with Crippen LogP contribution in [0.25, 0.3) is 0 Å². The van der Waals surface area contributed by atoms with Crippen LogP contribution < -0.4 is 0 Å². The average molecular weight is 168 g/mol. The highest BCUT2D eigenvalue weighted by Crippen LogP contribution is 1.81. The van der Waals surface area contributed by atoms with Crippen LogP contribution in [0.15, 0.2) is 0 Å². The summed E-state index contributed by atoms with van der Waals surface area (Å²) < 4.78 is 4.81. The largest absolute Gasteiger partial charge is 0.350 e. The Balaban J connectivity index is 2.69. The minimum absolute atomic E-state index is 0.0130. The predicted molar refractivity (Wildman–Crippen MR) is 33.0 cm³/mol. The average Bonchev–Trinajstić information content (AvgIpc) is 2.03. The Hall–Kier alpha value is -0.240. The summed E-state index contributed by atoms with van der Waals surface area (Å²) in [6.45, 7) is 0.689. The standard InChI is InChI=1S/C5H12O6/c1-6-9-4-3-8-5-10-11-7-2/h3-5H2,1-2H3. The van der Waals surface area contributed by atoms with Crippen LogP contribution in [0.4, 0.5) is 0 Å². The molecule has 0 bridgehead atoms. The Kier molecular flexibility index (Phi) is 9.55. The van der Waals surface area contributed by atoms with Crippen LogP contribution in [0.2, 0.25) is 0 Å². The molecule has 0 spiro atoms. The van der Waals surface area contributed by atoms with E-state index in [0.717, 1.165) is 0 Å². The van der Waals surface area contributed by atoms with E-state index >= 15 is 0 Å². The molecule has 0 atom stereocenters. The van der Waals surface area contributed by atoms with Gasteiger partial charge in [0.15, 0.2) is 6.79 Å². The maximum absolute atomic E-state index is 4.81. The first-order chi connectivity index (χ1) is 5.41. The van der Waals surface area contributed by atoms with Crippen LogP contribution >= 0.6 is 0 Å². The highest BCUT2D eigenvalue weighted by Gasteiger charge is 1.88. The fourth-order valence-corrected chi connectivity index (χ4v) is 0.337. The Morgan fingerprint density at radius 2 is 1.73 bits per heavy atom. The van der Waals surface area contributed by atoms with E-state index in [1.807, 2.05) is 0 Å². The Bertz CT molecular complexity index is 60.0. The predicted octanol–water partition coefficient (Wildman–Crippen LogP) is 0.0481. The molecule has 68 valence electrons. The zero-order valence-electron chi connectivity index (χ0n) is 6.57. The van der Waals surface area contributed by atoms with Crippen molar-refractivity contribution in [1.29, 1.82) is 0 Å². The summed E-state index contributed by atoms with van der Waals surface area (Å²) in [6, 6.07) is 0. The van der Waals surface area contributed by atoms with E-state index in [1.165, 1.54) is 14.2 Å². The molecule has 0 amide bonds. The zero-order chi connectivity index (χ0) is 8.36. The van der Waals surface area contributed by atoms with Gasteiger partial charge in [-0.15, -0.1) is 0 Å². The zero-order valence-corrected chi connectivity index (χ0v) is 6.57. The molecule has 11 heavy (non-hydrogen) atoms. The second-order valence-corrected chi connectivity index (χ2v) is 1.37. The van der Waals surface area contributed by atoms with Crippen molar-refractivity contribution in [3.8, 4) is 0 Å². The Morgan fingerprint density at radius 3 is 2.36 bits per heavy atom. The van der Waals surface area contributed by atoms with Crippen LogP contribution in [-0.4, -0.2) is 34.2 Å². The van der Waals surface area contributed by atoms with Gasteiger partial charge in [-0.25, -0.2) is 14.7 Å². The molecule has 0 N–H and O–H groups in total. The molecule has 0 aromatic rings. The fourth-order valence-electron chi connectivity index (χ4n) is 0.337. The number of hydrogen-bond acceptors (Lipinski definition) is 6. The van der Waals surface area contributed by atoms with E-state index in [1.54, 1.807) is 0 Å². The summed E-state index contributed by atoms with van der Waals surface area (Å²) in [5.41, 5.74) is 0. The van der Waals surface area contributed by atoms with Crippen molar-refractivity contribution in [3.63, 3.8) is 0 Å². The first-order valence-corrected chi connectivity index (χ1v) is 2.97. The lowest BCUT2D eigenvalue weighted by molar-refractivity contribution is -0.518. The summed E-state index contributed by atoms with van der Waals surface area (Å²) >= 11 is 0. The molecule has 0 aliphatic carbocycles. The molecule has 0 unspecified atom stereocenters. The number of hydrogen-bond donors (Lipinski definition) is 0. The number of rotatable bonds is 8. The lowest BCUT2D eigenvalue weighted by Gasteiger charge is -2.01. The van der Waals surface area contributed by atoms with E-state index in [0.29, 0.717) is 13.2 Å². The molecule has 6 heteroatoms. The highest BCUT2D eigenvalue weighted by molar-refractivity contribution is 4.18. The van der Waals surface area contributed by atoms with Crippen LogP contribution in [0.3, 0.4) is 0 Å². The monoisotopic (exact) mass is 168 g/mol. The SMILES string of the molecule is COOCCOCOOOC. The quantitative estimate of drug-likeness (QED) is 0.221. The summed E-state index contributed by atoms with van der Waals surface area (Å²) in [6.07, 6.45) is 0. The van der Waals surface area contributed by atoms with Crippen molar-refractivity contribution < 1.29 is 29.3 Å². The normalized spacial score (nSPS) is 10.4. The minimum atomic E-state index is -0.0130. The van der Waals surface area contributed by atoms with Crippen molar-refractivity contribution >= 4 is 0 Å². The van der Waals surface area contributed by atoms with Gasteiger partial charge in [0, 0.05) is 0 Å². The molecular formula is C5H12O6. The van der Waals surface area contributed by atoms with E-state index in [4.69, 9.17) is 4.74 Å². The van der Waals surface area contributed by atoms with Crippen LogP contribution in [0, 0.1) is 0 Å². The van der Waals surface area contributed by atoms with Gasteiger partial charge in [-0.1, -0.05) is 5.04 Å². The van der Waals surface area contributed by atoms with Gasteiger partial charge in [-0.05, 0) is 0 Å². The van der Waals surface area contributed by atoms with E-state index in [2.05, 4.69) is 24.6 Å². The van der Waals surface area contributed by atoms with Gasteiger partial charge >= 0.3 is 0 Å². The lowest BCUT2D eigenvalue weighted by Crippen LogP contribution is -2.07. The summed E-state index contributed by atoms with van der Waals surface area (Å²) in [7, 11) is 2.75. The smallest absolute Gasteiger partial charge is 0.183 e. The van der Waals surface area contributed by atoms with Gasteiger partial charge in [-0.3, -0.25) is 0 Å². The summed E-state index contributed by atoms with van der Waals surface area (Å²) in [5, 5.41) is 4.04. The topological polar surface area (TPSA) is 55.4 Å². The van der Waals surface area contributed by atoms with Gasteiger partial charge < -0.3 is 4.74 Å². The van der Waals surface area contributed by atoms with Crippen molar-refractivity contribution in [2.75, 3.05) is 34.2 Å². The summed E-state index contributed by atoms with van der Waals surface area (Å²) in [5.74, 6) is 0. The third-order valence-corrected chi connectivity index (χ3v) is 0.676. The Morgan fingerprint density at radius 1 is 0.909 bits per heavy atom. The van der Waals surface area contributed by atoms with Crippen LogP contribution in [0.1, 0.15) is 0 Å². The van der Waals surface area contributed by atoms with Gasteiger partial charge in [0.2, 0.25) is 0 Å². The van der Waals surface area contributed by atoms with Gasteiger partial charge in [0.05, 0.1) is 20.8 Å². The number of ether oxygens (including phenoxy) is 1.